The summed E-state index contributed by atoms with van der Waals surface area (Å²) in [5.41, 5.74) is 0.804. The van der Waals surface area contributed by atoms with Gasteiger partial charge in [-0.25, -0.2) is 9.78 Å². The molecule has 2 aromatic rings. The number of hydrogen-bond donors (Lipinski definition) is 2. The summed E-state index contributed by atoms with van der Waals surface area (Å²) in [6, 6.07) is 10.1. The van der Waals surface area contributed by atoms with Crippen molar-refractivity contribution < 1.29 is 9.90 Å². The number of benzene rings is 1. The predicted octanol–water partition coefficient (Wildman–Crippen LogP) is 3.94. The minimum Gasteiger partial charge on any atom is -0.478 e. The minimum atomic E-state index is -1.06. The largest absolute Gasteiger partial charge is 0.478 e. The Hall–Kier alpha value is -1.59. The zero-order valence-electron chi connectivity index (χ0n) is 9.02. The maximum Gasteiger partial charge on any atom is 0.339 e. The van der Waals surface area contributed by atoms with Gasteiger partial charge in [-0.1, -0.05) is 27.5 Å². The fraction of sp³-hybridized carbons (Fsp3) is 0. The smallest absolute Gasteiger partial charge is 0.339 e. The van der Waals surface area contributed by atoms with Gasteiger partial charge in [-0.05, 0) is 36.4 Å². The number of hydrogen-bond acceptors (Lipinski definition) is 3. The molecule has 0 unspecified atom stereocenters. The highest BCUT2D eigenvalue weighted by molar-refractivity contribution is 9.10. The summed E-state index contributed by atoms with van der Waals surface area (Å²) in [5, 5.41) is 12.2. The van der Waals surface area contributed by atoms with Crippen LogP contribution < -0.4 is 5.32 Å². The lowest BCUT2D eigenvalue weighted by atomic mass is 10.2. The second-order valence-corrected chi connectivity index (χ2v) is 4.77. The predicted molar refractivity (Wildman–Crippen MR) is 73.6 cm³/mol. The molecule has 0 aliphatic carbocycles. The molecule has 2 N–H and O–H groups in total. The molecule has 0 bridgehead atoms. The van der Waals surface area contributed by atoms with E-state index >= 15 is 0 Å². The fourth-order valence-electron chi connectivity index (χ4n) is 1.37. The van der Waals surface area contributed by atoms with Crippen LogP contribution >= 0.6 is 27.5 Å². The average Bonchev–Trinajstić information content (AvgIpc) is 2.32. The van der Waals surface area contributed by atoms with Gasteiger partial charge in [0.1, 0.15) is 16.5 Å². The number of halogens is 2. The summed E-state index contributed by atoms with van der Waals surface area (Å²) < 4.78 is 0.936. The van der Waals surface area contributed by atoms with Gasteiger partial charge >= 0.3 is 5.97 Å². The third kappa shape index (κ3) is 3.00. The van der Waals surface area contributed by atoms with E-state index in [2.05, 4.69) is 26.2 Å². The summed E-state index contributed by atoms with van der Waals surface area (Å²) in [7, 11) is 0. The molecule has 0 atom stereocenters. The Labute approximate surface area is 117 Å². The van der Waals surface area contributed by atoms with E-state index in [4.69, 9.17) is 16.7 Å². The van der Waals surface area contributed by atoms with Crippen LogP contribution in [-0.2, 0) is 0 Å². The van der Waals surface area contributed by atoms with Gasteiger partial charge in [-0.3, -0.25) is 0 Å². The molecular weight excluding hydrogens is 320 g/mol. The van der Waals surface area contributed by atoms with E-state index in [1.54, 1.807) is 12.1 Å². The molecule has 0 saturated heterocycles. The third-order valence-electron chi connectivity index (χ3n) is 2.20. The number of carbonyl (C=O) groups is 1. The van der Waals surface area contributed by atoms with Crippen molar-refractivity contribution >= 4 is 45.0 Å². The third-order valence-corrected chi connectivity index (χ3v) is 2.94. The van der Waals surface area contributed by atoms with Crippen LogP contribution in [-0.4, -0.2) is 16.1 Å². The number of nitrogens with zero attached hydrogens (tertiary/aromatic N) is 1. The van der Waals surface area contributed by atoms with E-state index in [0.29, 0.717) is 0 Å². The van der Waals surface area contributed by atoms with Crippen LogP contribution in [0.4, 0.5) is 11.5 Å². The Morgan fingerprint density at radius 3 is 2.50 bits per heavy atom. The van der Waals surface area contributed by atoms with E-state index in [0.717, 1.165) is 10.2 Å². The van der Waals surface area contributed by atoms with Crippen molar-refractivity contribution in [2.24, 2.45) is 0 Å². The van der Waals surface area contributed by atoms with Crippen molar-refractivity contribution in [2.75, 3.05) is 5.32 Å². The van der Waals surface area contributed by atoms with Crippen LogP contribution in [0.15, 0.2) is 40.9 Å². The van der Waals surface area contributed by atoms with Gasteiger partial charge in [-0.2, -0.15) is 0 Å². The van der Waals surface area contributed by atoms with Gasteiger partial charge in [0, 0.05) is 10.2 Å². The van der Waals surface area contributed by atoms with Gasteiger partial charge in [0.25, 0.3) is 0 Å². The zero-order valence-corrected chi connectivity index (χ0v) is 11.4. The lowest BCUT2D eigenvalue weighted by Crippen LogP contribution is -2.04. The molecule has 1 heterocycles. The topological polar surface area (TPSA) is 62.2 Å². The first-order chi connectivity index (χ1) is 8.56. The Morgan fingerprint density at radius 1 is 1.22 bits per heavy atom. The molecule has 4 nitrogen and oxygen atoms in total. The number of carboxylic acids is 1. The molecule has 0 aliphatic heterocycles. The molecule has 6 heteroatoms. The monoisotopic (exact) mass is 326 g/mol. The number of anilines is 2. The summed E-state index contributed by atoms with van der Waals surface area (Å²) in [6.07, 6.45) is 0. The van der Waals surface area contributed by atoms with E-state index in [-0.39, 0.29) is 16.5 Å². The Morgan fingerprint density at radius 2 is 1.89 bits per heavy atom. The van der Waals surface area contributed by atoms with Crippen LogP contribution in [0.25, 0.3) is 0 Å². The second-order valence-electron chi connectivity index (χ2n) is 3.47. The molecule has 0 spiro atoms. The molecular formula is C12H8BrClN2O2. The van der Waals surface area contributed by atoms with Crippen molar-refractivity contribution in [1.29, 1.82) is 0 Å². The summed E-state index contributed by atoms with van der Waals surface area (Å²) >= 11 is 9.08. The molecule has 0 aliphatic rings. The SMILES string of the molecule is O=C(O)c1ccc(Cl)nc1Nc1ccc(Br)cc1. The van der Waals surface area contributed by atoms with Crippen molar-refractivity contribution in [3.05, 3.63) is 51.6 Å². The lowest BCUT2D eigenvalue weighted by Gasteiger charge is -2.08. The average molecular weight is 328 g/mol. The molecule has 1 aromatic heterocycles. The highest BCUT2D eigenvalue weighted by atomic mass is 79.9. The van der Waals surface area contributed by atoms with Crippen LogP contribution in [0.2, 0.25) is 5.15 Å². The van der Waals surface area contributed by atoms with Crippen molar-refractivity contribution in [3.8, 4) is 0 Å². The van der Waals surface area contributed by atoms with E-state index in [1.165, 1.54) is 12.1 Å². The van der Waals surface area contributed by atoms with Gasteiger partial charge in [0.15, 0.2) is 0 Å². The molecule has 0 radical (unpaired) electrons. The highest BCUT2D eigenvalue weighted by Gasteiger charge is 2.12. The first kappa shape index (κ1) is 12.9. The van der Waals surface area contributed by atoms with Crippen LogP contribution in [0.5, 0.6) is 0 Å². The molecule has 0 saturated carbocycles. The fourth-order valence-corrected chi connectivity index (χ4v) is 1.78. The molecule has 0 fully saturated rings. The molecule has 0 amide bonds. The standard InChI is InChI=1S/C12H8BrClN2O2/c13-7-1-3-8(4-2-7)15-11-9(12(17)18)5-6-10(14)16-11/h1-6H,(H,15,16)(H,17,18). The number of carboxylic acid groups (broad SMARTS) is 1. The molecule has 92 valence electrons. The number of nitrogens with one attached hydrogen (secondary N) is 1. The normalized spacial score (nSPS) is 10.1. The van der Waals surface area contributed by atoms with E-state index < -0.39 is 5.97 Å². The van der Waals surface area contributed by atoms with E-state index in [9.17, 15) is 4.79 Å². The first-order valence-electron chi connectivity index (χ1n) is 4.98. The Balaban J connectivity index is 2.35. The zero-order chi connectivity index (χ0) is 13.1. The summed E-state index contributed by atoms with van der Waals surface area (Å²) in [6.45, 7) is 0. The second kappa shape index (κ2) is 5.37. The van der Waals surface area contributed by atoms with Gasteiger partial charge in [-0.15, -0.1) is 0 Å². The minimum absolute atomic E-state index is 0.0716. The number of aromatic nitrogens is 1. The van der Waals surface area contributed by atoms with Crippen LogP contribution in [0.1, 0.15) is 10.4 Å². The quantitative estimate of drug-likeness (QED) is 0.838. The van der Waals surface area contributed by atoms with Gasteiger partial charge in [0.2, 0.25) is 0 Å². The number of aromatic carboxylic acids is 1. The van der Waals surface area contributed by atoms with Crippen LogP contribution in [0.3, 0.4) is 0 Å². The Bertz CT molecular complexity index is 587. The first-order valence-corrected chi connectivity index (χ1v) is 6.16. The van der Waals surface area contributed by atoms with Crippen molar-refractivity contribution in [3.63, 3.8) is 0 Å². The maximum atomic E-state index is 11.0. The lowest BCUT2D eigenvalue weighted by molar-refractivity contribution is 0.0697. The molecule has 2 rings (SSSR count). The van der Waals surface area contributed by atoms with E-state index in [1.807, 2.05) is 12.1 Å². The summed E-state index contributed by atoms with van der Waals surface area (Å²) in [5.74, 6) is -0.837. The number of rotatable bonds is 3. The van der Waals surface area contributed by atoms with Crippen molar-refractivity contribution in [1.82, 2.24) is 4.98 Å². The molecule has 18 heavy (non-hydrogen) atoms. The van der Waals surface area contributed by atoms with Crippen LogP contribution in [0, 0.1) is 0 Å². The maximum absolute atomic E-state index is 11.0. The van der Waals surface area contributed by atoms with Gasteiger partial charge in [0.05, 0.1) is 0 Å². The van der Waals surface area contributed by atoms with Gasteiger partial charge < -0.3 is 10.4 Å². The number of pyridine rings is 1. The highest BCUT2D eigenvalue weighted by Crippen LogP contribution is 2.22. The Kier molecular flexibility index (Phi) is 3.84. The summed E-state index contributed by atoms with van der Waals surface area (Å²) in [4.78, 5) is 15.0. The van der Waals surface area contributed by atoms with Crippen molar-refractivity contribution in [2.45, 2.75) is 0 Å². The molecule has 1 aromatic carbocycles.